The van der Waals surface area contributed by atoms with Crippen molar-refractivity contribution in [3.05, 3.63) is 52.9 Å². The quantitative estimate of drug-likeness (QED) is 0.755. The van der Waals surface area contributed by atoms with Crippen molar-refractivity contribution in [2.45, 2.75) is 0 Å². The summed E-state index contributed by atoms with van der Waals surface area (Å²) < 4.78 is 1.51. The average Bonchev–Trinajstić information content (AvgIpc) is 2.67. The molecule has 1 fully saturated rings. The first kappa shape index (κ1) is 15.6. The van der Waals surface area contributed by atoms with Gasteiger partial charge in [0.15, 0.2) is 0 Å². The number of rotatable bonds is 3. The first-order valence-electron chi connectivity index (χ1n) is 8.37. The van der Waals surface area contributed by atoms with Gasteiger partial charge in [-0.2, -0.15) is 0 Å². The lowest BCUT2D eigenvalue weighted by Crippen LogP contribution is -2.43. The summed E-state index contributed by atoms with van der Waals surface area (Å²) in [5, 5.41) is 7.09. The number of nitrogens with one attached hydrogen (secondary N) is 2. The molecule has 25 heavy (non-hydrogen) atoms. The third kappa shape index (κ3) is 3.06. The number of pyridine rings is 1. The molecular formula is C18H20N6O. The van der Waals surface area contributed by atoms with Crippen molar-refractivity contribution in [1.82, 2.24) is 19.9 Å². The summed E-state index contributed by atoms with van der Waals surface area (Å²) in [4.78, 5) is 23.8. The molecule has 7 heteroatoms. The van der Waals surface area contributed by atoms with E-state index in [1.807, 2.05) is 36.5 Å². The highest BCUT2D eigenvalue weighted by Gasteiger charge is 2.12. The zero-order chi connectivity index (χ0) is 17.2. The van der Waals surface area contributed by atoms with Gasteiger partial charge in [-0.15, -0.1) is 0 Å². The van der Waals surface area contributed by atoms with Crippen molar-refractivity contribution in [3.63, 3.8) is 0 Å². The highest BCUT2D eigenvalue weighted by atomic mass is 16.1. The van der Waals surface area contributed by atoms with E-state index in [-0.39, 0.29) is 5.56 Å². The molecule has 4 rings (SSSR count). The largest absolute Gasteiger partial charge is 0.368 e. The van der Waals surface area contributed by atoms with Crippen LogP contribution < -0.4 is 21.1 Å². The fraction of sp³-hybridized carbons (Fsp3) is 0.278. The van der Waals surface area contributed by atoms with Crippen LogP contribution in [0.4, 0.5) is 17.5 Å². The van der Waals surface area contributed by atoms with Crippen LogP contribution in [0.25, 0.3) is 10.9 Å². The molecule has 0 saturated carbocycles. The topological polar surface area (TPSA) is 75.1 Å². The molecule has 0 spiro atoms. The van der Waals surface area contributed by atoms with E-state index in [2.05, 4.69) is 25.5 Å². The minimum Gasteiger partial charge on any atom is -0.368 e. The van der Waals surface area contributed by atoms with E-state index in [1.165, 1.54) is 4.57 Å². The summed E-state index contributed by atoms with van der Waals surface area (Å²) in [5.74, 6) is 1.14. The minimum atomic E-state index is -0.0782. The molecule has 0 unspecified atom stereocenters. The van der Waals surface area contributed by atoms with Crippen LogP contribution >= 0.6 is 0 Å². The van der Waals surface area contributed by atoms with Gasteiger partial charge in [0.05, 0.1) is 22.8 Å². The third-order valence-electron chi connectivity index (χ3n) is 4.45. The van der Waals surface area contributed by atoms with Gasteiger partial charge >= 0.3 is 0 Å². The summed E-state index contributed by atoms with van der Waals surface area (Å²) >= 11 is 0. The lowest BCUT2D eigenvalue weighted by molar-refractivity contribution is 0.589. The molecule has 1 aliphatic heterocycles. The molecule has 2 N–H and O–H groups in total. The fourth-order valence-corrected chi connectivity index (χ4v) is 3.01. The third-order valence-corrected chi connectivity index (χ3v) is 4.45. The molecule has 3 aromatic rings. The summed E-state index contributed by atoms with van der Waals surface area (Å²) in [5.41, 5.74) is 1.70. The standard InChI is InChI=1S/C18H20N6O/c1-23-17(25)14-4-2-3-5-15(14)21-18(23)22-16-7-6-13(12-20-16)24-10-8-19-9-11-24/h2-7,12,19H,8-11H2,1H3,(H,20,21,22). The summed E-state index contributed by atoms with van der Waals surface area (Å²) in [6.45, 7) is 3.94. The lowest BCUT2D eigenvalue weighted by atomic mass is 10.2. The zero-order valence-electron chi connectivity index (χ0n) is 14.1. The van der Waals surface area contributed by atoms with Gasteiger partial charge < -0.3 is 15.5 Å². The minimum absolute atomic E-state index is 0.0782. The van der Waals surface area contributed by atoms with E-state index in [0.717, 1.165) is 31.9 Å². The number of nitrogens with zero attached hydrogens (tertiary/aromatic N) is 4. The van der Waals surface area contributed by atoms with Crippen LogP contribution in [0.3, 0.4) is 0 Å². The zero-order valence-corrected chi connectivity index (χ0v) is 14.1. The maximum Gasteiger partial charge on any atom is 0.262 e. The number of anilines is 3. The van der Waals surface area contributed by atoms with Crippen molar-refractivity contribution in [2.75, 3.05) is 36.4 Å². The van der Waals surface area contributed by atoms with Crippen molar-refractivity contribution in [1.29, 1.82) is 0 Å². The lowest BCUT2D eigenvalue weighted by Gasteiger charge is -2.29. The molecule has 2 aromatic heterocycles. The molecule has 1 aromatic carbocycles. The number of piperazine rings is 1. The van der Waals surface area contributed by atoms with Crippen molar-refractivity contribution < 1.29 is 0 Å². The second-order valence-corrected chi connectivity index (χ2v) is 6.08. The van der Waals surface area contributed by atoms with Gasteiger partial charge in [-0.25, -0.2) is 9.97 Å². The van der Waals surface area contributed by atoms with E-state index in [1.54, 1.807) is 13.1 Å². The Labute approximate surface area is 145 Å². The van der Waals surface area contributed by atoms with Crippen LogP contribution in [0.2, 0.25) is 0 Å². The van der Waals surface area contributed by atoms with Crippen LogP contribution in [0.5, 0.6) is 0 Å². The number of fused-ring (bicyclic) bond motifs is 1. The summed E-state index contributed by atoms with van der Waals surface area (Å²) in [7, 11) is 1.71. The van der Waals surface area contributed by atoms with E-state index < -0.39 is 0 Å². The van der Waals surface area contributed by atoms with Gasteiger partial charge in [0.1, 0.15) is 5.82 Å². The first-order valence-corrected chi connectivity index (χ1v) is 8.37. The summed E-state index contributed by atoms with van der Waals surface area (Å²) in [6, 6.07) is 11.3. The summed E-state index contributed by atoms with van der Waals surface area (Å²) in [6.07, 6.45) is 1.85. The highest BCUT2D eigenvalue weighted by molar-refractivity contribution is 5.79. The molecule has 128 valence electrons. The molecule has 1 aliphatic rings. The van der Waals surface area contributed by atoms with E-state index >= 15 is 0 Å². The van der Waals surface area contributed by atoms with E-state index in [9.17, 15) is 4.79 Å². The number of aromatic nitrogens is 3. The SMILES string of the molecule is Cn1c(Nc2ccc(N3CCNCC3)cn2)nc2ccccc2c1=O. The van der Waals surface area contributed by atoms with Crippen LogP contribution in [0.1, 0.15) is 0 Å². The highest BCUT2D eigenvalue weighted by Crippen LogP contribution is 2.18. The van der Waals surface area contributed by atoms with Gasteiger partial charge in [0, 0.05) is 33.2 Å². The Morgan fingerprint density at radius 2 is 1.92 bits per heavy atom. The normalized spacial score (nSPS) is 14.7. The molecule has 0 atom stereocenters. The second-order valence-electron chi connectivity index (χ2n) is 6.08. The molecule has 0 aliphatic carbocycles. The number of hydrogen-bond donors (Lipinski definition) is 2. The molecule has 1 saturated heterocycles. The maximum absolute atomic E-state index is 12.4. The Hall–Kier alpha value is -2.93. The second kappa shape index (κ2) is 6.52. The maximum atomic E-state index is 12.4. The van der Waals surface area contributed by atoms with Crippen molar-refractivity contribution >= 4 is 28.4 Å². The van der Waals surface area contributed by atoms with Crippen LogP contribution in [0.15, 0.2) is 47.4 Å². The molecule has 3 heterocycles. The predicted octanol–water partition coefficient (Wildman–Crippen LogP) is 1.48. The molecule has 0 radical (unpaired) electrons. The molecule has 0 bridgehead atoms. The Bertz CT molecular complexity index is 944. The van der Waals surface area contributed by atoms with Gasteiger partial charge in [-0.1, -0.05) is 12.1 Å². The van der Waals surface area contributed by atoms with Gasteiger partial charge in [0.25, 0.3) is 5.56 Å². The fourth-order valence-electron chi connectivity index (χ4n) is 3.01. The van der Waals surface area contributed by atoms with Gasteiger partial charge in [0.2, 0.25) is 5.95 Å². The van der Waals surface area contributed by atoms with Crippen LogP contribution in [-0.2, 0) is 7.05 Å². The number of hydrogen-bond acceptors (Lipinski definition) is 6. The van der Waals surface area contributed by atoms with E-state index in [0.29, 0.717) is 22.7 Å². The van der Waals surface area contributed by atoms with Gasteiger partial charge in [-0.05, 0) is 24.3 Å². The van der Waals surface area contributed by atoms with Crippen molar-refractivity contribution in [2.24, 2.45) is 7.05 Å². The molecule has 0 amide bonds. The van der Waals surface area contributed by atoms with Crippen molar-refractivity contribution in [3.8, 4) is 0 Å². The Morgan fingerprint density at radius 3 is 2.68 bits per heavy atom. The number of para-hydroxylation sites is 1. The van der Waals surface area contributed by atoms with Gasteiger partial charge in [-0.3, -0.25) is 9.36 Å². The van der Waals surface area contributed by atoms with Crippen LogP contribution in [0, 0.1) is 0 Å². The first-order chi connectivity index (χ1) is 12.2. The number of benzene rings is 1. The smallest absolute Gasteiger partial charge is 0.262 e. The molecular weight excluding hydrogens is 316 g/mol. The monoisotopic (exact) mass is 336 g/mol. The van der Waals surface area contributed by atoms with Crippen LogP contribution in [-0.4, -0.2) is 40.7 Å². The average molecular weight is 336 g/mol. The Morgan fingerprint density at radius 1 is 1.12 bits per heavy atom. The molecule has 7 nitrogen and oxygen atoms in total. The Balaban J connectivity index is 1.60. The van der Waals surface area contributed by atoms with E-state index in [4.69, 9.17) is 0 Å². The Kier molecular flexibility index (Phi) is 4.07. The predicted molar refractivity (Wildman–Crippen MR) is 99.6 cm³/mol.